The molecular weight excluding hydrogens is 430 g/mol. The number of ketones is 1. The number of carbonyl (C=O) groups is 2. The zero-order valence-corrected chi connectivity index (χ0v) is 16.6. The van der Waals surface area contributed by atoms with Gasteiger partial charge < -0.3 is 15.6 Å². The molecule has 5 nitrogen and oxygen atoms in total. The van der Waals surface area contributed by atoms with Crippen LogP contribution in [0.4, 0.5) is 17.6 Å². The lowest BCUT2D eigenvalue weighted by Gasteiger charge is -2.18. The molecule has 3 aromatic carbocycles. The molecule has 3 rings (SSSR count). The SMILES string of the molecule is COc1ccc(-c2cccc(C(=O)O)c2)c(C(N)C(=O)c2ccc(C(F)(F)F)cc2F)c1. The molecule has 0 amide bonds. The van der Waals surface area contributed by atoms with Gasteiger partial charge in [0.15, 0.2) is 5.78 Å². The van der Waals surface area contributed by atoms with E-state index in [1.807, 2.05) is 0 Å². The molecule has 0 saturated carbocycles. The van der Waals surface area contributed by atoms with Crippen molar-refractivity contribution in [3.8, 4) is 16.9 Å². The third-order valence-corrected chi connectivity index (χ3v) is 4.86. The van der Waals surface area contributed by atoms with Crippen molar-refractivity contribution in [2.75, 3.05) is 7.11 Å². The smallest absolute Gasteiger partial charge is 0.416 e. The van der Waals surface area contributed by atoms with Crippen LogP contribution in [0.3, 0.4) is 0 Å². The largest absolute Gasteiger partial charge is 0.497 e. The Kier molecular flexibility index (Phi) is 6.31. The van der Waals surface area contributed by atoms with Gasteiger partial charge in [0.25, 0.3) is 0 Å². The highest BCUT2D eigenvalue weighted by Gasteiger charge is 2.32. The number of nitrogens with two attached hydrogens (primary N) is 1. The number of carboxylic acids is 1. The van der Waals surface area contributed by atoms with Gasteiger partial charge in [-0.1, -0.05) is 18.2 Å². The number of carboxylic acid groups (broad SMARTS) is 1. The highest BCUT2D eigenvalue weighted by molar-refractivity contribution is 6.02. The van der Waals surface area contributed by atoms with Gasteiger partial charge in [-0.15, -0.1) is 0 Å². The fourth-order valence-corrected chi connectivity index (χ4v) is 3.21. The second-order valence-electron chi connectivity index (χ2n) is 6.87. The van der Waals surface area contributed by atoms with Crippen LogP contribution in [0.15, 0.2) is 60.7 Å². The molecule has 0 fully saturated rings. The van der Waals surface area contributed by atoms with Gasteiger partial charge in [0, 0.05) is 0 Å². The Morgan fingerprint density at radius 2 is 1.75 bits per heavy atom. The molecule has 0 bridgehead atoms. The summed E-state index contributed by atoms with van der Waals surface area (Å²) >= 11 is 0. The molecule has 166 valence electrons. The van der Waals surface area contributed by atoms with E-state index in [0.29, 0.717) is 22.9 Å². The number of aromatic carboxylic acids is 1. The molecule has 3 aromatic rings. The standard InChI is InChI=1S/C23H17F4NO4/c1-32-15-6-8-16(12-3-2-4-13(9-12)22(30)31)18(11-15)20(28)21(29)17-7-5-14(10-19(17)24)23(25,26)27/h2-11,20H,28H2,1H3,(H,30,31). The van der Waals surface area contributed by atoms with E-state index >= 15 is 0 Å². The second kappa shape index (κ2) is 8.80. The maximum atomic E-state index is 14.4. The molecule has 0 heterocycles. The van der Waals surface area contributed by atoms with Crippen LogP contribution in [-0.2, 0) is 6.18 Å². The molecule has 0 radical (unpaired) electrons. The molecule has 0 aliphatic heterocycles. The van der Waals surface area contributed by atoms with Crippen molar-refractivity contribution in [1.82, 2.24) is 0 Å². The Bertz CT molecular complexity index is 1190. The zero-order valence-electron chi connectivity index (χ0n) is 16.6. The average molecular weight is 447 g/mol. The molecule has 0 spiro atoms. The fourth-order valence-electron chi connectivity index (χ4n) is 3.21. The van der Waals surface area contributed by atoms with Crippen molar-refractivity contribution in [2.24, 2.45) is 5.73 Å². The average Bonchev–Trinajstić information content (AvgIpc) is 2.77. The van der Waals surface area contributed by atoms with Crippen LogP contribution in [0.2, 0.25) is 0 Å². The predicted molar refractivity (Wildman–Crippen MR) is 108 cm³/mol. The number of hydrogen-bond donors (Lipinski definition) is 2. The minimum Gasteiger partial charge on any atom is -0.497 e. The lowest BCUT2D eigenvalue weighted by molar-refractivity contribution is -0.137. The molecule has 0 aliphatic carbocycles. The molecule has 0 saturated heterocycles. The van der Waals surface area contributed by atoms with Crippen LogP contribution in [0.1, 0.15) is 37.9 Å². The summed E-state index contributed by atoms with van der Waals surface area (Å²) in [6.45, 7) is 0. The van der Waals surface area contributed by atoms with E-state index in [0.717, 1.165) is 6.07 Å². The first-order valence-corrected chi connectivity index (χ1v) is 9.21. The summed E-state index contributed by atoms with van der Waals surface area (Å²) in [7, 11) is 1.38. The lowest BCUT2D eigenvalue weighted by atomic mass is 9.90. The number of ether oxygens (including phenoxy) is 1. The minimum atomic E-state index is -4.76. The van der Waals surface area contributed by atoms with Gasteiger partial charge in [-0.3, -0.25) is 4.79 Å². The maximum Gasteiger partial charge on any atom is 0.416 e. The van der Waals surface area contributed by atoms with Crippen molar-refractivity contribution in [3.05, 3.63) is 88.7 Å². The molecule has 0 aromatic heterocycles. The van der Waals surface area contributed by atoms with Gasteiger partial charge in [-0.25, -0.2) is 9.18 Å². The number of hydrogen-bond acceptors (Lipinski definition) is 4. The van der Waals surface area contributed by atoms with Crippen molar-refractivity contribution in [2.45, 2.75) is 12.2 Å². The highest BCUT2D eigenvalue weighted by atomic mass is 19.4. The first-order chi connectivity index (χ1) is 15.0. The fraction of sp³-hybridized carbons (Fsp3) is 0.130. The number of carbonyl (C=O) groups excluding carboxylic acids is 1. The topological polar surface area (TPSA) is 89.6 Å². The van der Waals surface area contributed by atoms with Gasteiger partial charge in [0.05, 0.1) is 29.8 Å². The van der Waals surface area contributed by atoms with E-state index in [4.69, 9.17) is 10.5 Å². The Hall–Kier alpha value is -3.72. The summed E-state index contributed by atoms with van der Waals surface area (Å²) < 4.78 is 57.9. The normalized spacial score (nSPS) is 12.3. The van der Waals surface area contributed by atoms with Gasteiger partial charge in [0.1, 0.15) is 11.6 Å². The second-order valence-corrected chi connectivity index (χ2v) is 6.87. The summed E-state index contributed by atoms with van der Waals surface area (Å²) in [6.07, 6.45) is -4.76. The van der Waals surface area contributed by atoms with E-state index in [9.17, 15) is 32.3 Å². The molecular formula is C23H17F4NO4. The number of rotatable bonds is 6. The third kappa shape index (κ3) is 4.62. The summed E-state index contributed by atoms with van der Waals surface area (Å²) in [5.74, 6) is -3.12. The van der Waals surface area contributed by atoms with E-state index in [1.165, 1.54) is 31.4 Å². The number of alkyl halides is 3. The van der Waals surface area contributed by atoms with E-state index in [2.05, 4.69) is 0 Å². The van der Waals surface area contributed by atoms with Crippen molar-refractivity contribution in [1.29, 1.82) is 0 Å². The third-order valence-electron chi connectivity index (χ3n) is 4.86. The molecule has 3 N–H and O–H groups in total. The Morgan fingerprint density at radius 1 is 1.03 bits per heavy atom. The molecule has 32 heavy (non-hydrogen) atoms. The number of benzene rings is 3. The first-order valence-electron chi connectivity index (χ1n) is 9.21. The van der Waals surface area contributed by atoms with Crippen LogP contribution >= 0.6 is 0 Å². The van der Waals surface area contributed by atoms with Gasteiger partial charge in [0.2, 0.25) is 0 Å². The van der Waals surface area contributed by atoms with Gasteiger partial charge >= 0.3 is 12.1 Å². The molecule has 1 atom stereocenters. The van der Waals surface area contributed by atoms with Crippen molar-refractivity contribution < 1.29 is 37.0 Å². The van der Waals surface area contributed by atoms with Crippen LogP contribution in [0, 0.1) is 5.82 Å². The Labute approximate surface area is 180 Å². The number of Topliss-reactive ketones (excluding diaryl/α,β-unsaturated/α-hetero) is 1. The summed E-state index contributed by atoms with van der Waals surface area (Å²) in [4.78, 5) is 24.2. The van der Waals surface area contributed by atoms with E-state index in [1.54, 1.807) is 18.2 Å². The van der Waals surface area contributed by atoms with Crippen molar-refractivity contribution in [3.63, 3.8) is 0 Å². The van der Waals surface area contributed by atoms with Crippen LogP contribution in [0.25, 0.3) is 11.1 Å². The van der Waals surface area contributed by atoms with E-state index < -0.39 is 40.9 Å². The van der Waals surface area contributed by atoms with E-state index in [-0.39, 0.29) is 17.2 Å². The quantitative estimate of drug-likeness (QED) is 0.405. The predicted octanol–water partition coefficient (Wildman–Crippen LogP) is 5.10. The summed E-state index contributed by atoms with van der Waals surface area (Å²) in [5.41, 5.74) is 5.29. The van der Waals surface area contributed by atoms with Gasteiger partial charge in [-0.2, -0.15) is 13.2 Å². The highest BCUT2D eigenvalue weighted by Crippen LogP contribution is 2.34. The monoisotopic (exact) mass is 447 g/mol. The van der Waals surface area contributed by atoms with Crippen LogP contribution in [0.5, 0.6) is 5.75 Å². The Balaban J connectivity index is 2.08. The first kappa shape index (κ1) is 23.0. The number of halogens is 4. The molecule has 0 aliphatic rings. The Morgan fingerprint density at radius 3 is 2.34 bits per heavy atom. The number of methoxy groups -OCH3 is 1. The minimum absolute atomic E-state index is 0.00190. The molecule has 9 heteroatoms. The lowest BCUT2D eigenvalue weighted by Crippen LogP contribution is -2.23. The molecule has 1 unspecified atom stereocenters. The van der Waals surface area contributed by atoms with Crippen molar-refractivity contribution >= 4 is 11.8 Å². The maximum absolute atomic E-state index is 14.4. The zero-order chi connectivity index (χ0) is 23.6. The van der Waals surface area contributed by atoms with Crippen LogP contribution in [-0.4, -0.2) is 24.0 Å². The van der Waals surface area contributed by atoms with Gasteiger partial charge in [-0.05, 0) is 59.2 Å². The summed E-state index contributed by atoms with van der Waals surface area (Å²) in [5, 5.41) is 9.24. The summed E-state index contributed by atoms with van der Waals surface area (Å²) in [6, 6.07) is 10.6. The van der Waals surface area contributed by atoms with Crippen LogP contribution < -0.4 is 10.5 Å².